The maximum absolute atomic E-state index is 11.9. The molecular weight excluding hydrogens is 264 g/mol. The summed E-state index contributed by atoms with van der Waals surface area (Å²) in [5.74, 6) is 0.0392. The molecule has 18 heavy (non-hydrogen) atoms. The third kappa shape index (κ3) is 3.53. The molecular formula is C13H18N2OS2. The summed E-state index contributed by atoms with van der Waals surface area (Å²) in [5, 5.41) is 2.92. The normalized spacial score (nSPS) is 14.0. The number of hydrogen-bond acceptors (Lipinski definition) is 3. The molecule has 0 aromatic carbocycles. The highest BCUT2D eigenvalue weighted by atomic mass is 32.1. The van der Waals surface area contributed by atoms with Gasteiger partial charge in [0.2, 0.25) is 0 Å². The predicted molar refractivity (Wildman–Crippen MR) is 79.3 cm³/mol. The second-order valence-corrected chi connectivity index (χ2v) is 6.25. The second-order valence-electron chi connectivity index (χ2n) is 4.59. The first-order chi connectivity index (χ1) is 8.66. The molecule has 1 aromatic rings. The highest BCUT2D eigenvalue weighted by molar-refractivity contribution is 7.80. The Morgan fingerprint density at radius 1 is 1.44 bits per heavy atom. The van der Waals surface area contributed by atoms with Gasteiger partial charge < -0.3 is 11.1 Å². The van der Waals surface area contributed by atoms with Crippen LogP contribution in [0.25, 0.3) is 0 Å². The smallest absolute Gasteiger partial charge is 0.261 e. The Labute approximate surface area is 117 Å². The Kier molecular flexibility index (Phi) is 4.72. The van der Waals surface area contributed by atoms with Crippen molar-refractivity contribution in [2.45, 2.75) is 38.5 Å². The summed E-state index contributed by atoms with van der Waals surface area (Å²) in [4.78, 5) is 14.7. The van der Waals surface area contributed by atoms with Crippen LogP contribution >= 0.6 is 23.6 Å². The molecule has 1 heterocycles. The largest absolute Gasteiger partial charge is 0.393 e. The van der Waals surface area contributed by atoms with E-state index in [1.807, 2.05) is 0 Å². The first kappa shape index (κ1) is 13.5. The van der Waals surface area contributed by atoms with Crippen LogP contribution in [0.1, 0.15) is 45.8 Å². The number of rotatable bonds is 5. The average Bonchev–Trinajstić information content (AvgIpc) is 2.78. The second kappa shape index (κ2) is 6.29. The van der Waals surface area contributed by atoms with Crippen LogP contribution in [-0.4, -0.2) is 17.4 Å². The van der Waals surface area contributed by atoms with Crippen molar-refractivity contribution in [2.75, 3.05) is 6.54 Å². The van der Waals surface area contributed by atoms with Crippen LogP contribution in [0.2, 0.25) is 0 Å². The van der Waals surface area contributed by atoms with E-state index in [-0.39, 0.29) is 5.91 Å². The van der Waals surface area contributed by atoms with Crippen LogP contribution in [0.4, 0.5) is 0 Å². The highest BCUT2D eigenvalue weighted by Gasteiger charge is 2.16. The molecule has 5 heteroatoms. The summed E-state index contributed by atoms with van der Waals surface area (Å²) < 4.78 is 0. The van der Waals surface area contributed by atoms with Gasteiger partial charge in [-0.15, -0.1) is 11.3 Å². The lowest BCUT2D eigenvalue weighted by Gasteiger charge is -2.08. The van der Waals surface area contributed by atoms with E-state index < -0.39 is 0 Å². The van der Waals surface area contributed by atoms with Crippen LogP contribution in [0, 0.1) is 0 Å². The molecule has 0 aliphatic heterocycles. The van der Waals surface area contributed by atoms with Gasteiger partial charge in [0.15, 0.2) is 0 Å². The molecule has 0 spiro atoms. The van der Waals surface area contributed by atoms with Crippen molar-refractivity contribution in [1.82, 2.24) is 5.32 Å². The van der Waals surface area contributed by atoms with Gasteiger partial charge in [-0.2, -0.15) is 0 Å². The molecule has 0 saturated heterocycles. The summed E-state index contributed by atoms with van der Waals surface area (Å²) in [5.41, 5.74) is 6.78. The van der Waals surface area contributed by atoms with Crippen LogP contribution in [0.5, 0.6) is 0 Å². The molecule has 1 aliphatic carbocycles. The lowest BCUT2D eigenvalue weighted by Crippen LogP contribution is -2.24. The zero-order chi connectivity index (χ0) is 13.0. The summed E-state index contributed by atoms with van der Waals surface area (Å²) in [6.45, 7) is 0.638. The van der Waals surface area contributed by atoms with Gasteiger partial charge in [-0.1, -0.05) is 12.2 Å². The SMILES string of the molecule is NC(=S)CCCNC(=O)c1cc2c(s1)CCCC2. The van der Waals surface area contributed by atoms with Crippen molar-refractivity contribution in [2.24, 2.45) is 5.73 Å². The van der Waals surface area contributed by atoms with Crippen molar-refractivity contribution >= 4 is 34.5 Å². The number of aryl methyl sites for hydroxylation is 2. The number of nitrogens with one attached hydrogen (secondary N) is 1. The van der Waals surface area contributed by atoms with Crippen LogP contribution in [0.15, 0.2) is 6.07 Å². The van der Waals surface area contributed by atoms with Crippen molar-refractivity contribution in [1.29, 1.82) is 0 Å². The molecule has 3 nitrogen and oxygen atoms in total. The summed E-state index contributed by atoms with van der Waals surface area (Å²) in [6, 6.07) is 2.06. The maximum Gasteiger partial charge on any atom is 0.261 e. The number of thiocarbonyl (C=S) groups is 1. The monoisotopic (exact) mass is 282 g/mol. The molecule has 1 aromatic heterocycles. The van der Waals surface area contributed by atoms with Crippen LogP contribution < -0.4 is 11.1 Å². The molecule has 0 radical (unpaired) electrons. The highest BCUT2D eigenvalue weighted by Crippen LogP contribution is 2.29. The fourth-order valence-corrected chi connectivity index (χ4v) is 3.47. The summed E-state index contributed by atoms with van der Waals surface area (Å²) >= 11 is 6.44. The molecule has 1 aliphatic rings. The van der Waals surface area contributed by atoms with Gasteiger partial charge in [0.25, 0.3) is 5.91 Å². The van der Waals surface area contributed by atoms with Gasteiger partial charge in [-0.25, -0.2) is 0 Å². The number of carbonyl (C=O) groups excluding carboxylic acids is 1. The maximum atomic E-state index is 11.9. The fraction of sp³-hybridized carbons (Fsp3) is 0.538. The van der Waals surface area contributed by atoms with Crippen LogP contribution in [0.3, 0.4) is 0 Å². The lowest BCUT2D eigenvalue weighted by molar-refractivity contribution is 0.0957. The van der Waals surface area contributed by atoms with E-state index >= 15 is 0 Å². The van der Waals surface area contributed by atoms with E-state index in [9.17, 15) is 4.79 Å². The molecule has 0 fully saturated rings. The number of nitrogens with two attached hydrogens (primary N) is 1. The lowest BCUT2D eigenvalue weighted by atomic mass is 9.99. The number of hydrogen-bond donors (Lipinski definition) is 2. The van der Waals surface area contributed by atoms with Crippen molar-refractivity contribution in [3.05, 3.63) is 21.4 Å². The van der Waals surface area contributed by atoms with Gasteiger partial charge >= 0.3 is 0 Å². The predicted octanol–water partition coefficient (Wildman–Crippen LogP) is 2.42. The van der Waals surface area contributed by atoms with Crippen LogP contribution in [-0.2, 0) is 12.8 Å². The van der Waals surface area contributed by atoms with E-state index in [2.05, 4.69) is 11.4 Å². The molecule has 0 unspecified atom stereocenters. The molecule has 2 rings (SSSR count). The van der Waals surface area contributed by atoms with E-state index in [0.717, 1.165) is 24.1 Å². The first-order valence-electron chi connectivity index (χ1n) is 6.35. The number of carbonyl (C=O) groups is 1. The Balaban J connectivity index is 1.85. The van der Waals surface area contributed by atoms with Crippen molar-refractivity contribution in [3.8, 4) is 0 Å². The molecule has 3 N–H and O–H groups in total. The molecule has 0 bridgehead atoms. The zero-order valence-corrected chi connectivity index (χ0v) is 12.0. The minimum Gasteiger partial charge on any atom is -0.393 e. The van der Waals surface area contributed by atoms with Gasteiger partial charge in [0, 0.05) is 11.4 Å². The third-order valence-corrected chi connectivity index (χ3v) is 4.55. The first-order valence-corrected chi connectivity index (χ1v) is 7.57. The van der Waals surface area contributed by atoms with Gasteiger partial charge in [-0.05, 0) is 50.2 Å². The third-order valence-electron chi connectivity index (χ3n) is 3.11. The number of amides is 1. The minimum absolute atomic E-state index is 0.0392. The quantitative estimate of drug-likeness (QED) is 0.644. The van der Waals surface area contributed by atoms with E-state index in [1.54, 1.807) is 11.3 Å². The van der Waals surface area contributed by atoms with E-state index in [4.69, 9.17) is 18.0 Å². The van der Waals surface area contributed by atoms with Gasteiger partial charge in [0.05, 0.1) is 9.87 Å². The van der Waals surface area contributed by atoms with Gasteiger partial charge in [-0.3, -0.25) is 4.79 Å². The Morgan fingerprint density at radius 2 is 2.22 bits per heavy atom. The number of fused-ring (bicyclic) bond motifs is 1. The minimum atomic E-state index is 0.0392. The van der Waals surface area contributed by atoms with E-state index in [0.29, 0.717) is 18.0 Å². The molecule has 1 amide bonds. The van der Waals surface area contributed by atoms with E-state index in [1.165, 1.54) is 23.3 Å². The topological polar surface area (TPSA) is 55.1 Å². The number of thiophene rings is 1. The zero-order valence-electron chi connectivity index (χ0n) is 10.3. The fourth-order valence-electron chi connectivity index (χ4n) is 2.15. The standard InChI is InChI=1S/C13H18N2OS2/c14-12(17)6-3-7-15-13(16)11-8-9-4-1-2-5-10(9)18-11/h8H,1-7H2,(H2,14,17)(H,15,16). The molecule has 0 atom stereocenters. The average molecular weight is 282 g/mol. The summed E-state index contributed by atoms with van der Waals surface area (Å²) in [7, 11) is 0. The Bertz CT molecular complexity index is 430. The molecule has 0 saturated carbocycles. The van der Waals surface area contributed by atoms with Crippen molar-refractivity contribution < 1.29 is 4.79 Å². The molecule has 98 valence electrons. The van der Waals surface area contributed by atoms with Gasteiger partial charge in [0.1, 0.15) is 0 Å². The van der Waals surface area contributed by atoms with Crippen molar-refractivity contribution in [3.63, 3.8) is 0 Å². The Morgan fingerprint density at radius 3 is 2.94 bits per heavy atom. The summed E-state index contributed by atoms with van der Waals surface area (Å²) in [6.07, 6.45) is 6.26. The Hall–Kier alpha value is -0.940.